The molecule has 0 N–H and O–H groups in total. The Kier molecular flexibility index (Phi) is 3.31. The molecule has 2 bridgehead atoms. The molecule has 0 aliphatic heterocycles. The first kappa shape index (κ1) is 14.8. The third-order valence-corrected chi connectivity index (χ3v) is 13.0. The molecule has 4 rings (SSSR count). The Morgan fingerprint density at radius 1 is 1.10 bits per heavy atom. The summed E-state index contributed by atoms with van der Waals surface area (Å²) >= 11 is 3.57. The molecule has 0 spiro atoms. The smallest absolute Gasteiger partial charge is 0.0650 e. The number of halogens is 1. The second-order valence-electron chi connectivity index (χ2n) is 8.39. The summed E-state index contributed by atoms with van der Waals surface area (Å²) < 4.78 is 1.20. The molecule has 0 amide bonds. The summed E-state index contributed by atoms with van der Waals surface area (Å²) in [5.74, 6) is 1.93. The monoisotopic (exact) mass is 350 g/mol. The molecule has 3 aliphatic carbocycles. The summed E-state index contributed by atoms with van der Waals surface area (Å²) in [6.45, 7) is 12.9. The zero-order valence-electron chi connectivity index (χ0n) is 13.5. The van der Waals surface area contributed by atoms with Crippen LogP contribution in [0.25, 0.3) is 0 Å². The van der Waals surface area contributed by atoms with Crippen LogP contribution in [0.15, 0.2) is 28.7 Å². The van der Waals surface area contributed by atoms with Crippen molar-refractivity contribution in [2.75, 3.05) is 0 Å². The van der Waals surface area contributed by atoms with E-state index in [4.69, 9.17) is 0 Å². The molecule has 110 valence electrons. The van der Waals surface area contributed by atoms with Gasteiger partial charge in [0.25, 0.3) is 0 Å². The highest BCUT2D eigenvalue weighted by Crippen LogP contribution is 2.71. The van der Waals surface area contributed by atoms with Crippen molar-refractivity contribution in [3.05, 3.63) is 28.7 Å². The summed E-state index contributed by atoms with van der Waals surface area (Å²) in [5.41, 5.74) is 0.576. The molecule has 3 aliphatic rings. The topological polar surface area (TPSA) is 0 Å². The Labute approximate surface area is 133 Å². The summed E-state index contributed by atoms with van der Waals surface area (Å²) in [5, 5.41) is 2.18. The lowest BCUT2D eigenvalue weighted by Crippen LogP contribution is -2.64. The van der Waals surface area contributed by atoms with E-state index in [1.807, 2.05) is 0 Å². The Hall–Kier alpha value is -0.0831. The maximum absolute atomic E-state index is 3.57. The maximum Gasteiger partial charge on any atom is 0.0867 e. The second-order valence-corrected chi connectivity index (χ2v) is 14.3. The summed E-state index contributed by atoms with van der Waals surface area (Å²) in [7, 11) is -1.46. The quantitative estimate of drug-likeness (QED) is 0.610. The summed E-state index contributed by atoms with van der Waals surface area (Å²) in [6.07, 6.45) is 4.38. The van der Waals surface area contributed by atoms with Crippen LogP contribution in [0.3, 0.4) is 0 Å². The summed E-state index contributed by atoms with van der Waals surface area (Å²) in [6, 6.07) is 9.20. The molecule has 1 aromatic rings. The van der Waals surface area contributed by atoms with Crippen LogP contribution >= 0.6 is 15.9 Å². The Bertz CT molecular complexity index is 515. The molecule has 20 heavy (non-hydrogen) atoms. The SMILES string of the molecule is CC1(C)C2CCC(C)([Si](C)(C)c3ccc(Br)cc3)C1C2. The highest BCUT2D eigenvalue weighted by Gasteiger charge is 2.63. The predicted molar refractivity (Wildman–Crippen MR) is 94.2 cm³/mol. The van der Waals surface area contributed by atoms with E-state index < -0.39 is 8.07 Å². The van der Waals surface area contributed by atoms with Crippen molar-refractivity contribution in [3.63, 3.8) is 0 Å². The van der Waals surface area contributed by atoms with Crippen molar-refractivity contribution < 1.29 is 0 Å². The van der Waals surface area contributed by atoms with E-state index in [1.165, 1.54) is 23.7 Å². The number of fused-ring (bicyclic) bond motifs is 2. The van der Waals surface area contributed by atoms with Crippen LogP contribution in [0.1, 0.15) is 40.0 Å². The van der Waals surface area contributed by atoms with Crippen molar-refractivity contribution in [2.24, 2.45) is 17.3 Å². The number of benzene rings is 1. The first-order valence-electron chi connectivity index (χ1n) is 7.95. The van der Waals surface area contributed by atoms with E-state index in [-0.39, 0.29) is 0 Å². The second kappa shape index (κ2) is 4.46. The third kappa shape index (κ3) is 1.83. The van der Waals surface area contributed by atoms with Gasteiger partial charge in [-0.3, -0.25) is 0 Å². The highest BCUT2D eigenvalue weighted by molar-refractivity contribution is 9.10. The number of hydrogen-bond acceptors (Lipinski definition) is 0. The molecule has 0 saturated heterocycles. The first-order chi connectivity index (χ1) is 9.19. The molecule has 1 aromatic carbocycles. The van der Waals surface area contributed by atoms with Crippen LogP contribution in [0.2, 0.25) is 18.1 Å². The van der Waals surface area contributed by atoms with Gasteiger partial charge in [0.1, 0.15) is 0 Å². The molecule has 0 radical (unpaired) electrons. The molecule has 3 saturated carbocycles. The van der Waals surface area contributed by atoms with Crippen LogP contribution in [0.5, 0.6) is 0 Å². The minimum absolute atomic E-state index is 0.555. The van der Waals surface area contributed by atoms with E-state index in [9.17, 15) is 0 Å². The lowest BCUT2D eigenvalue weighted by atomic mass is 9.45. The highest BCUT2D eigenvalue weighted by atomic mass is 79.9. The predicted octanol–water partition coefficient (Wildman–Crippen LogP) is 5.58. The molecule has 3 unspecified atom stereocenters. The zero-order chi connectivity index (χ0) is 14.8. The van der Waals surface area contributed by atoms with Gasteiger partial charge in [-0.2, -0.15) is 0 Å². The molecule has 3 atom stereocenters. The Morgan fingerprint density at radius 2 is 1.70 bits per heavy atom. The van der Waals surface area contributed by atoms with Crippen molar-refractivity contribution >= 4 is 29.2 Å². The van der Waals surface area contributed by atoms with E-state index in [0.29, 0.717) is 10.5 Å². The van der Waals surface area contributed by atoms with Crippen molar-refractivity contribution in [2.45, 2.75) is 58.2 Å². The lowest BCUT2D eigenvalue weighted by molar-refractivity contribution is -0.0939. The average Bonchev–Trinajstić information content (AvgIpc) is 2.38. The lowest BCUT2D eigenvalue weighted by Gasteiger charge is -2.68. The Balaban J connectivity index is 1.99. The third-order valence-electron chi connectivity index (χ3n) is 7.25. The van der Waals surface area contributed by atoms with Crippen LogP contribution in [-0.2, 0) is 0 Å². The van der Waals surface area contributed by atoms with Crippen molar-refractivity contribution in [1.29, 1.82) is 0 Å². The average molecular weight is 351 g/mol. The van der Waals surface area contributed by atoms with Gasteiger partial charge in [-0.05, 0) is 53.7 Å². The fraction of sp³-hybridized carbons (Fsp3) is 0.667. The van der Waals surface area contributed by atoms with E-state index in [2.05, 4.69) is 74.1 Å². The Morgan fingerprint density at radius 3 is 2.20 bits per heavy atom. The fourth-order valence-electron chi connectivity index (χ4n) is 5.18. The van der Waals surface area contributed by atoms with Gasteiger partial charge in [0.05, 0.1) is 8.07 Å². The largest absolute Gasteiger partial charge is 0.0867 e. The van der Waals surface area contributed by atoms with E-state index in [0.717, 1.165) is 11.8 Å². The normalized spacial score (nSPS) is 35.5. The molecule has 0 heterocycles. The molecular formula is C18H27BrSi. The minimum atomic E-state index is -1.46. The van der Waals surface area contributed by atoms with Crippen molar-refractivity contribution in [1.82, 2.24) is 0 Å². The van der Waals surface area contributed by atoms with Crippen LogP contribution in [-0.4, -0.2) is 8.07 Å². The van der Waals surface area contributed by atoms with Gasteiger partial charge in [0.15, 0.2) is 0 Å². The van der Waals surface area contributed by atoms with Crippen LogP contribution < -0.4 is 5.19 Å². The fourth-order valence-corrected chi connectivity index (χ4v) is 9.23. The van der Waals surface area contributed by atoms with E-state index >= 15 is 0 Å². The van der Waals surface area contributed by atoms with Gasteiger partial charge in [0.2, 0.25) is 0 Å². The minimum Gasteiger partial charge on any atom is -0.0650 e. The number of hydrogen-bond donors (Lipinski definition) is 0. The summed E-state index contributed by atoms with van der Waals surface area (Å²) in [4.78, 5) is 0. The maximum atomic E-state index is 3.57. The van der Waals surface area contributed by atoms with Crippen LogP contribution in [0, 0.1) is 17.3 Å². The van der Waals surface area contributed by atoms with Gasteiger partial charge in [-0.15, -0.1) is 0 Å². The standard InChI is InChI=1S/C18H27BrSi/c1-17(2)13-10-11-18(3,16(17)12-13)20(4,5)15-8-6-14(19)7-9-15/h6-9,13,16H,10-12H2,1-5H3. The molecule has 3 fully saturated rings. The first-order valence-corrected chi connectivity index (χ1v) is 11.7. The van der Waals surface area contributed by atoms with Gasteiger partial charge >= 0.3 is 0 Å². The molecule has 2 heteroatoms. The van der Waals surface area contributed by atoms with Gasteiger partial charge < -0.3 is 0 Å². The molecule has 0 nitrogen and oxygen atoms in total. The van der Waals surface area contributed by atoms with Gasteiger partial charge in [-0.1, -0.05) is 67.1 Å². The van der Waals surface area contributed by atoms with E-state index in [1.54, 1.807) is 5.19 Å². The van der Waals surface area contributed by atoms with Crippen molar-refractivity contribution in [3.8, 4) is 0 Å². The van der Waals surface area contributed by atoms with Crippen LogP contribution in [0.4, 0.5) is 0 Å². The van der Waals surface area contributed by atoms with Gasteiger partial charge in [0, 0.05) is 4.47 Å². The van der Waals surface area contributed by atoms with Gasteiger partial charge in [-0.25, -0.2) is 0 Å². The molecule has 0 aromatic heterocycles. The molecular weight excluding hydrogens is 324 g/mol. The zero-order valence-corrected chi connectivity index (χ0v) is 16.0. The number of rotatable bonds is 2.